The predicted molar refractivity (Wildman–Crippen MR) is 71.2 cm³/mol. The Kier molecular flexibility index (Phi) is 4.84. The third kappa shape index (κ3) is 3.70. The van der Waals surface area contributed by atoms with E-state index in [1.165, 1.54) is 18.4 Å². The molecule has 1 aliphatic rings. The lowest BCUT2D eigenvalue weighted by Crippen LogP contribution is -2.35. The summed E-state index contributed by atoms with van der Waals surface area (Å²) < 4.78 is 0. The number of rotatable bonds is 4. The molecule has 0 bridgehead atoms. The Morgan fingerprint density at radius 3 is 2.94 bits per heavy atom. The molecule has 1 unspecified atom stereocenters. The van der Waals surface area contributed by atoms with Crippen LogP contribution in [0.2, 0.25) is 5.02 Å². The van der Waals surface area contributed by atoms with E-state index in [4.69, 9.17) is 16.7 Å². The minimum atomic E-state index is 0.310. The molecule has 1 aromatic rings. The molecule has 1 aromatic carbocycles. The molecule has 1 saturated heterocycles. The van der Waals surface area contributed by atoms with Crippen molar-refractivity contribution in [2.24, 2.45) is 5.92 Å². The second-order valence-corrected chi connectivity index (χ2v) is 5.25. The van der Waals surface area contributed by atoms with E-state index in [-0.39, 0.29) is 0 Å². The van der Waals surface area contributed by atoms with Gasteiger partial charge in [-0.2, -0.15) is 0 Å². The standard InChI is InChI=1S/C14H20ClNO/c15-14-6-2-1-5-13(14)11-16-8-3-4-12(10-16)7-9-17/h1-2,5-6,12,17H,3-4,7-11H2. The maximum atomic E-state index is 9.00. The van der Waals surface area contributed by atoms with Crippen LogP contribution in [0.25, 0.3) is 0 Å². The van der Waals surface area contributed by atoms with Crippen LogP contribution in [0.3, 0.4) is 0 Å². The first kappa shape index (κ1) is 12.9. The minimum Gasteiger partial charge on any atom is -0.396 e. The van der Waals surface area contributed by atoms with Crippen molar-refractivity contribution in [3.63, 3.8) is 0 Å². The molecule has 0 aliphatic carbocycles. The van der Waals surface area contributed by atoms with Gasteiger partial charge in [-0.05, 0) is 43.4 Å². The van der Waals surface area contributed by atoms with Crippen LogP contribution < -0.4 is 0 Å². The van der Waals surface area contributed by atoms with E-state index >= 15 is 0 Å². The molecule has 0 amide bonds. The van der Waals surface area contributed by atoms with Gasteiger partial charge in [0.1, 0.15) is 0 Å². The molecule has 1 fully saturated rings. The van der Waals surface area contributed by atoms with Crippen LogP contribution >= 0.6 is 11.6 Å². The summed E-state index contributed by atoms with van der Waals surface area (Å²) in [5, 5.41) is 9.86. The SMILES string of the molecule is OCCC1CCCN(Cc2ccccc2Cl)C1. The zero-order valence-corrected chi connectivity index (χ0v) is 10.9. The molecule has 0 radical (unpaired) electrons. The zero-order valence-electron chi connectivity index (χ0n) is 10.1. The minimum absolute atomic E-state index is 0.310. The van der Waals surface area contributed by atoms with Crippen LogP contribution in [0.15, 0.2) is 24.3 Å². The summed E-state index contributed by atoms with van der Waals surface area (Å²) in [6, 6.07) is 8.05. The summed E-state index contributed by atoms with van der Waals surface area (Å²) in [5.74, 6) is 0.649. The van der Waals surface area contributed by atoms with Gasteiger partial charge in [-0.3, -0.25) is 4.90 Å². The molecule has 0 aromatic heterocycles. The number of halogens is 1. The second-order valence-electron chi connectivity index (χ2n) is 4.85. The summed E-state index contributed by atoms with van der Waals surface area (Å²) in [6.07, 6.45) is 3.41. The molecule has 1 atom stereocenters. The molecule has 2 nitrogen and oxygen atoms in total. The molecule has 94 valence electrons. The van der Waals surface area contributed by atoms with Crippen LogP contribution in [0.5, 0.6) is 0 Å². The Bertz CT molecular complexity index is 354. The maximum Gasteiger partial charge on any atom is 0.0451 e. The highest BCUT2D eigenvalue weighted by Gasteiger charge is 2.19. The first-order chi connectivity index (χ1) is 8.29. The lowest BCUT2D eigenvalue weighted by molar-refractivity contribution is 0.142. The van der Waals surface area contributed by atoms with Gasteiger partial charge in [0.2, 0.25) is 0 Å². The summed E-state index contributed by atoms with van der Waals surface area (Å²) >= 11 is 6.17. The fraction of sp³-hybridized carbons (Fsp3) is 0.571. The summed E-state index contributed by atoms with van der Waals surface area (Å²) in [6.45, 7) is 3.48. The van der Waals surface area contributed by atoms with E-state index in [2.05, 4.69) is 11.0 Å². The normalized spacial score (nSPS) is 21.6. The summed E-state index contributed by atoms with van der Waals surface area (Å²) in [4.78, 5) is 2.45. The first-order valence-electron chi connectivity index (χ1n) is 6.36. The van der Waals surface area contributed by atoms with Crippen molar-refractivity contribution in [1.29, 1.82) is 0 Å². The number of piperidine rings is 1. The van der Waals surface area contributed by atoms with E-state index in [1.807, 2.05) is 18.2 Å². The molecule has 17 heavy (non-hydrogen) atoms. The Morgan fingerprint density at radius 2 is 2.18 bits per heavy atom. The average molecular weight is 254 g/mol. The molecule has 1 aliphatic heterocycles. The lowest BCUT2D eigenvalue weighted by atomic mass is 9.95. The molecule has 1 N–H and O–H groups in total. The highest BCUT2D eigenvalue weighted by atomic mass is 35.5. The van der Waals surface area contributed by atoms with E-state index in [0.717, 1.165) is 31.1 Å². The Morgan fingerprint density at radius 1 is 1.35 bits per heavy atom. The van der Waals surface area contributed by atoms with Gasteiger partial charge in [0.25, 0.3) is 0 Å². The van der Waals surface area contributed by atoms with Crippen molar-refractivity contribution < 1.29 is 5.11 Å². The van der Waals surface area contributed by atoms with Gasteiger partial charge in [-0.1, -0.05) is 29.8 Å². The molecule has 2 rings (SSSR count). The van der Waals surface area contributed by atoms with E-state index in [1.54, 1.807) is 0 Å². The number of likely N-dealkylation sites (tertiary alicyclic amines) is 1. The van der Waals surface area contributed by atoms with Crippen LogP contribution in [0, 0.1) is 5.92 Å². The highest BCUT2D eigenvalue weighted by molar-refractivity contribution is 6.31. The van der Waals surface area contributed by atoms with E-state index in [9.17, 15) is 0 Å². The molecular formula is C14H20ClNO. The number of hydrogen-bond donors (Lipinski definition) is 1. The average Bonchev–Trinajstić information content (AvgIpc) is 2.33. The smallest absolute Gasteiger partial charge is 0.0451 e. The van der Waals surface area contributed by atoms with Gasteiger partial charge in [-0.15, -0.1) is 0 Å². The van der Waals surface area contributed by atoms with Gasteiger partial charge in [0.05, 0.1) is 0 Å². The van der Waals surface area contributed by atoms with Crippen molar-refractivity contribution in [1.82, 2.24) is 4.90 Å². The molecule has 3 heteroatoms. The zero-order chi connectivity index (χ0) is 12.1. The first-order valence-corrected chi connectivity index (χ1v) is 6.74. The number of hydrogen-bond acceptors (Lipinski definition) is 2. The van der Waals surface area contributed by atoms with E-state index in [0.29, 0.717) is 12.5 Å². The highest BCUT2D eigenvalue weighted by Crippen LogP contribution is 2.23. The van der Waals surface area contributed by atoms with Crippen LogP contribution in [-0.4, -0.2) is 29.7 Å². The molecular weight excluding hydrogens is 234 g/mol. The summed E-state index contributed by atoms with van der Waals surface area (Å²) in [7, 11) is 0. The number of benzene rings is 1. The molecule has 0 spiro atoms. The topological polar surface area (TPSA) is 23.5 Å². The second kappa shape index (κ2) is 6.39. The Hall–Kier alpha value is -0.570. The van der Waals surface area contributed by atoms with Crippen molar-refractivity contribution >= 4 is 11.6 Å². The monoisotopic (exact) mass is 253 g/mol. The van der Waals surface area contributed by atoms with Crippen molar-refractivity contribution in [3.8, 4) is 0 Å². The van der Waals surface area contributed by atoms with Crippen molar-refractivity contribution in [2.45, 2.75) is 25.8 Å². The lowest BCUT2D eigenvalue weighted by Gasteiger charge is -2.32. The Balaban J connectivity index is 1.92. The van der Waals surface area contributed by atoms with Gasteiger partial charge in [0, 0.05) is 24.7 Å². The third-order valence-corrected chi connectivity index (χ3v) is 3.86. The van der Waals surface area contributed by atoms with Gasteiger partial charge >= 0.3 is 0 Å². The number of aliphatic hydroxyl groups is 1. The predicted octanol–water partition coefficient (Wildman–Crippen LogP) is 2.93. The van der Waals surface area contributed by atoms with Crippen LogP contribution in [0.4, 0.5) is 0 Å². The quantitative estimate of drug-likeness (QED) is 0.892. The number of nitrogens with zero attached hydrogens (tertiary/aromatic N) is 1. The van der Waals surface area contributed by atoms with Gasteiger partial charge in [0.15, 0.2) is 0 Å². The Labute approximate surface area is 108 Å². The largest absolute Gasteiger partial charge is 0.396 e. The molecule has 0 saturated carbocycles. The van der Waals surface area contributed by atoms with Gasteiger partial charge in [-0.25, -0.2) is 0 Å². The van der Waals surface area contributed by atoms with Crippen LogP contribution in [-0.2, 0) is 6.54 Å². The van der Waals surface area contributed by atoms with Crippen LogP contribution in [0.1, 0.15) is 24.8 Å². The fourth-order valence-corrected chi connectivity index (χ4v) is 2.78. The molecule has 1 heterocycles. The van der Waals surface area contributed by atoms with Gasteiger partial charge < -0.3 is 5.11 Å². The van der Waals surface area contributed by atoms with Crippen molar-refractivity contribution in [3.05, 3.63) is 34.9 Å². The fourth-order valence-electron chi connectivity index (χ4n) is 2.58. The summed E-state index contributed by atoms with van der Waals surface area (Å²) in [5.41, 5.74) is 1.21. The van der Waals surface area contributed by atoms with E-state index < -0.39 is 0 Å². The maximum absolute atomic E-state index is 9.00. The van der Waals surface area contributed by atoms with Crippen molar-refractivity contribution in [2.75, 3.05) is 19.7 Å². The number of aliphatic hydroxyl groups excluding tert-OH is 1. The third-order valence-electron chi connectivity index (χ3n) is 3.49.